The summed E-state index contributed by atoms with van der Waals surface area (Å²) in [7, 11) is 0. The van der Waals surface area contributed by atoms with Gasteiger partial charge in [0, 0.05) is 31.4 Å². The predicted molar refractivity (Wildman–Crippen MR) is 115 cm³/mol. The summed E-state index contributed by atoms with van der Waals surface area (Å²) in [5.41, 5.74) is 4.72. The highest BCUT2D eigenvalue weighted by molar-refractivity contribution is 5.98. The van der Waals surface area contributed by atoms with E-state index in [9.17, 15) is 22.8 Å². The highest BCUT2D eigenvalue weighted by atomic mass is 19.4. The SMILES string of the molecule is CC(C)CN(C1CCC1)[C@H](CN)C(=O)Nc1ccc(N2CCOCC2=O)c(C(F)(F)F)c1. The van der Waals surface area contributed by atoms with Gasteiger partial charge in [-0.2, -0.15) is 13.2 Å². The molecular weight excluding hydrogens is 425 g/mol. The van der Waals surface area contributed by atoms with Gasteiger partial charge in [0.15, 0.2) is 0 Å². The van der Waals surface area contributed by atoms with Crippen molar-refractivity contribution in [3.63, 3.8) is 0 Å². The number of hydrogen-bond donors (Lipinski definition) is 2. The van der Waals surface area contributed by atoms with Crippen molar-refractivity contribution >= 4 is 23.2 Å². The second-order valence-electron chi connectivity index (χ2n) is 8.74. The average Bonchev–Trinajstić information content (AvgIpc) is 2.66. The zero-order chi connectivity index (χ0) is 23.5. The fourth-order valence-electron chi connectivity index (χ4n) is 4.14. The van der Waals surface area contributed by atoms with Crippen LogP contribution in [0.25, 0.3) is 0 Å². The molecule has 32 heavy (non-hydrogen) atoms. The Morgan fingerprint density at radius 1 is 1.34 bits per heavy atom. The van der Waals surface area contributed by atoms with Crippen LogP contribution >= 0.6 is 0 Å². The predicted octanol–water partition coefficient (Wildman–Crippen LogP) is 2.84. The van der Waals surface area contributed by atoms with Gasteiger partial charge >= 0.3 is 6.18 Å². The van der Waals surface area contributed by atoms with Crippen molar-refractivity contribution in [2.24, 2.45) is 11.7 Å². The first-order valence-electron chi connectivity index (χ1n) is 11.0. The maximum atomic E-state index is 13.8. The number of nitrogens with one attached hydrogen (secondary N) is 1. The maximum absolute atomic E-state index is 13.8. The van der Waals surface area contributed by atoms with E-state index in [1.807, 2.05) is 0 Å². The molecule has 1 saturated heterocycles. The van der Waals surface area contributed by atoms with Crippen molar-refractivity contribution < 1.29 is 27.5 Å². The molecule has 1 aliphatic heterocycles. The van der Waals surface area contributed by atoms with E-state index in [0.717, 1.165) is 30.2 Å². The number of amides is 2. The van der Waals surface area contributed by atoms with Crippen LogP contribution in [0.3, 0.4) is 0 Å². The molecule has 1 aromatic rings. The summed E-state index contributed by atoms with van der Waals surface area (Å²) in [6.45, 7) is 4.80. The third-order valence-corrected chi connectivity index (χ3v) is 5.89. The minimum atomic E-state index is -4.70. The molecule has 1 aliphatic carbocycles. The molecule has 7 nitrogen and oxygen atoms in total. The van der Waals surface area contributed by atoms with E-state index in [1.54, 1.807) is 0 Å². The van der Waals surface area contributed by atoms with Gasteiger partial charge in [-0.25, -0.2) is 0 Å². The molecule has 0 radical (unpaired) electrons. The monoisotopic (exact) mass is 456 g/mol. The van der Waals surface area contributed by atoms with Gasteiger partial charge in [-0.1, -0.05) is 20.3 Å². The van der Waals surface area contributed by atoms with E-state index in [-0.39, 0.29) is 43.7 Å². The van der Waals surface area contributed by atoms with Gasteiger partial charge in [0.25, 0.3) is 5.91 Å². The molecule has 1 saturated carbocycles. The molecule has 3 rings (SSSR count). The van der Waals surface area contributed by atoms with Crippen molar-refractivity contribution in [2.75, 3.05) is 43.1 Å². The summed E-state index contributed by atoms with van der Waals surface area (Å²) in [6, 6.07) is 3.11. The summed E-state index contributed by atoms with van der Waals surface area (Å²) in [5, 5.41) is 2.61. The number of nitrogens with zero attached hydrogens (tertiary/aromatic N) is 2. The molecule has 0 unspecified atom stereocenters. The van der Waals surface area contributed by atoms with Crippen molar-refractivity contribution in [1.82, 2.24) is 4.90 Å². The molecule has 2 fully saturated rings. The summed E-state index contributed by atoms with van der Waals surface area (Å²) >= 11 is 0. The molecule has 2 amide bonds. The number of carbonyl (C=O) groups is 2. The van der Waals surface area contributed by atoms with Gasteiger partial charge in [-0.3, -0.25) is 14.5 Å². The third-order valence-electron chi connectivity index (χ3n) is 5.89. The Bertz CT molecular complexity index is 827. The van der Waals surface area contributed by atoms with Crippen LogP contribution in [0.4, 0.5) is 24.5 Å². The van der Waals surface area contributed by atoms with E-state index in [1.165, 1.54) is 12.1 Å². The Balaban J connectivity index is 1.83. The third kappa shape index (κ3) is 5.60. The molecule has 10 heteroatoms. The van der Waals surface area contributed by atoms with Crippen molar-refractivity contribution in [1.29, 1.82) is 0 Å². The molecular formula is C22H31F3N4O3. The van der Waals surface area contributed by atoms with Gasteiger partial charge in [0.1, 0.15) is 12.6 Å². The van der Waals surface area contributed by atoms with Crippen LogP contribution in [0.15, 0.2) is 18.2 Å². The van der Waals surface area contributed by atoms with E-state index in [2.05, 4.69) is 24.1 Å². The summed E-state index contributed by atoms with van der Waals surface area (Å²) in [6.07, 6.45) is -1.64. The van der Waals surface area contributed by atoms with Gasteiger partial charge in [-0.15, -0.1) is 0 Å². The first-order chi connectivity index (χ1) is 15.1. The molecule has 0 spiro atoms. The molecule has 3 N–H and O–H groups in total. The first kappa shape index (κ1) is 24.5. The molecule has 0 bridgehead atoms. The van der Waals surface area contributed by atoms with Crippen LogP contribution in [-0.2, 0) is 20.5 Å². The minimum absolute atomic E-state index is 0.0170. The number of rotatable bonds is 8. The summed E-state index contributed by atoms with van der Waals surface area (Å²) in [4.78, 5) is 28.2. The average molecular weight is 457 g/mol. The fourth-order valence-corrected chi connectivity index (χ4v) is 4.14. The molecule has 1 atom stereocenters. The van der Waals surface area contributed by atoms with Crippen molar-refractivity contribution in [2.45, 2.75) is 51.4 Å². The molecule has 1 aromatic carbocycles. The number of benzene rings is 1. The molecule has 0 aromatic heterocycles. The standard InChI is InChI=1S/C22H31F3N4O3/c1-14(2)12-29(16-4-3-5-16)19(11-26)21(31)27-15-6-7-18(17(10-15)22(23,24)25)28-8-9-32-13-20(28)30/h6-7,10,14,16,19H,3-5,8-9,11-13,26H2,1-2H3,(H,27,31)/t19-/m1/s1. The minimum Gasteiger partial charge on any atom is -0.370 e. The molecule has 1 heterocycles. The number of halogens is 3. The lowest BCUT2D eigenvalue weighted by molar-refractivity contribution is -0.137. The number of nitrogens with two attached hydrogens (primary N) is 1. The second kappa shape index (κ2) is 10.2. The number of morpholine rings is 1. The Kier molecular flexibility index (Phi) is 7.79. The van der Waals surface area contributed by atoms with Crippen molar-refractivity contribution in [3.05, 3.63) is 23.8 Å². The largest absolute Gasteiger partial charge is 0.418 e. The van der Waals surface area contributed by atoms with Crippen LogP contribution in [0.5, 0.6) is 0 Å². The van der Waals surface area contributed by atoms with Crippen LogP contribution in [0.1, 0.15) is 38.7 Å². The molecule has 2 aliphatic rings. The fraction of sp³-hybridized carbons (Fsp3) is 0.636. The topological polar surface area (TPSA) is 87.9 Å². The van der Waals surface area contributed by atoms with E-state index in [0.29, 0.717) is 12.5 Å². The number of ether oxygens (including phenoxy) is 1. The van der Waals surface area contributed by atoms with Gasteiger partial charge in [0.2, 0.25) is 5.91 Å². The highest BCUT2D eigenvalue weighted by Crippen LogP contribution is 2.39. The quantitative estimate of drug-likeness (QED) is 0.628. The number of hydrogen-bond acceptors (Lipinski definition) is 5. The maximum Gasteiger partial charge on any atom is 0.418 e. The Morgan fingerprint density at radius 3 is 2.59 bits per heavy atom. The zero-order valence-electron chi connectivity index (χ0n) is 18.5. The lowest BCUT2D eigenvalue weighted by Crippen LogP contribution is -2.55. The Morgan fingerprint density at radius 2 is 2.06 bits per heavy atom. The van der Waals surface area contributed by atoms with E-state index in [4.69, 9.17) is 10.5 Å². The second-order valence-corrected chi connectivity index (χ2v) is 8.74. The lowest BCUT2D eigenvalue weighted by Gasteiger charge is -2.42. The zero-order valence-corrected chi connectivity index (χ0v) is 18.5. The first-order valence-corrected chi connectivity index (χ1v) is 11.0. The summed E-state index contributed by atoms with van der Waals surface area (Å²) < 4.78 is 46.4. The number of anilines is 2. The number of alkyl halides is 3. The smallest absolute Gasteiger partial charge is 0.370 e. The Hall–Kier alpha value is -2.17. The van der Waals surface area contributed by atoms with Crippen LogP contribution in [0.2, 0.25) is 0 Å². The van der Waals surface area contributed by atoms with Crippen LogP contribution < -0.4 is 16.0 Å². The number of carbonyl (C=O) groups excluding carboxylic acids is 2. The van der Waals surface area contributed by atoms with E-state index < -0.39 is 29.6 Å². The van der Waals surface area contributed by atoms with E-state index >= 15 is 0 Å². The van der Waals surface area contributed by atoms with Crippen molar-refractivity contribution in [3.8, 4) is 0 Å². The molecule has 178 valence electrons. The normalized spacial score (nSPS) is 18.8. The van der Waals surface area contributed by atoms with Crippen LogP contribution in [-0.4, -0.2) is 61.6 Å². The van der Waals surface area contributed by atoms with Gasteiger partial charge in [0.05, 0.1) is 17.9 Å². The highest BCUT2D eigenvalue weighted by Gasteiger charge is 2.38. The summed E-state index contributed by atoms with van der Waals surface area (Å²) in [5.74, 6) is -0.644. The lowest BCUT2D eigenvalue weighted by atomic mass is 9.89. The van der Waals surface area contributed by atoms with Crippen LogP contribution in [0, 0.1) is 5.92 Å². The Labute approximate surface area is 186 Å². The van der Waals surface area contributed by atoms with Gasteiger partial charge < -0.3 is 20.7 Å². The van der Waals surface area contributed by atoms with Gasteiger partial charge in [-0.05, 0) is 37.0 Å².